The molecule has 0 aliphatic carbocycles. The van der Waals surface area contributed by atoms with Gasteiger partial charge in [0.2, 0.25) is 0 Å². The average molecular weight is 182 g/mol. The van der Waals surface area contributed by atoms with Gasteiger partial charge < -0.3 is 9.84 Å². The van der Waals surface area contributed by atoms with Gasteiger partial charge in [0.1, 0.15) is 5.60 Å². The summed E-state index contributed by atoms with van der Waals surface area (Å²) in [7, 11) is 0. The van der Waals surface area contributed by atoms with Crippen molar-refractivity contribution in [1.82, 2.24) is 9.78 Å². The Labute approximate surface area is 77.1 Å². The molecule has 0 saturated carbocycles. The second-order valence-electron chi connectivity index (χ2n) is 3.42. The van der Waals surface area contributed by atoms with E-state index >= 15 is 0 Å². The lowest BCUT2D eigenvalue weighted by Gasteiger charge is -2.17. The number of rotatable bonds is 2. The molecule has 1 saturated heterocycles. The van der Waals surface area contributed by atoms with Gasteiger partial charge in [-0.3, -0.25) is 4.68 Å². The fourth-order valence-corrected chi connectivity index (χ4v) is 1.56. The highest BCUT2D eigenvalue weighted by molar-refractivity contribution is 5.16. The smallest absolute Gasteiger partial charge is 0.118 e. The molecule has 0 spiro atoms. The quantitative estimate of drug-likeness (QED) is 0.725. The van der Waals surface area contributed by atoms with E-state index in [0.717, 1.165) is 12.1 Å². The van der Waals surface area contributed by atoms with Crippen molar-refractivity contribution in [2.45, 2.75) is 25.5 Å². The zero-order valence-corrected chi connectivity index (χ0v) is 7.73. The molecule has 1 aliphatic rings. The molecule has 13 heavy (non-hydrogen) atoms. The molecule has 4 heteroatoms. The fourth-order valence-electron chi connectivity index (χ4n) is 1.56. The first kappa shape index (κ1) is 8.72. The lowest BCUT2D eigenvalue weighted by Crippen LogP contribution is -2.24. The summed E-state index contributed by atoms with van der Waals surface area (Å²) in [6.07, 6.45) is 4.27. The molecule has 0 radical (unpaired) electrons. The molecule has 1 aromatic heterocycles. The highest BCUT2D eigenvalue weighted by atomic mass is 16.5. The van der Waals surface area contributed by atoms with E-state index in [9.17, 15) is 5.11 Å². The van der Waals surface area contributed by atoms with Gasteiger partial charge >= 0.3 is 0 Å². The van der Waals surface area contributed by atoms with Crippen LogP contribution in [-0.4, -0.2) is 28.1 Å². The number of ether oxygens (including phenoxy) is 1. The van der Waals surface area contributed by atoms with Crippen molar-refractivity contribution in [3.63, 3.8) is 0 Å². The van der Waals surface area contributed by atoms with Crippen LogP contribution in [0.1, 0.15) is 18.9 Å². The summed E-state index contributed by atoms with van der Waals surface area (Å²) in [5, 5.41) is 14.2. The maximum atomic E-state index is 10.1. The molecule has 1 unspecified atom stereocenters. The van der Waals surface area contributed by atoms with Gasteiger partial charge in [0.25, 0.3) is 0 Å². The molecule has 1 N–H and O–H groups in total. The highest BCUT2D eigenvalue weighted by Crippen LogP contribution is 2.29. The summed E-state index contributed by atoms with van der Waals surface area (Å²) in [5.41, 5.74) is 0.0693. The largest absolute Gasteiger partial charge is 0.383 e. The Balaban J connectivity index is 2.23. The van der Waals surface area contributed by atoms with E-state index in [1.165, 1.54) is 0 Å². The molecule has 0 bridgehead atoms. The molecular weight excluding hydrogens is 168 g/mol. The third-order valence-electron chi connectivity index (χ3n) is 2.50. The normalized spacial score (nSPS) is 28.2. The van der Waals surface area contributed by atoms with Crippen LogP contribution in [0, 0.1) is 0 Å². The summed E-state index contributed by atoms with van der Waals surface area (Å²) in [6.45, 7) is 3.87. The zero-order chi connectivity index (χ0) is 9.31. The van der Waals surface area contributed by atoms with Gasteiger partial charge in [-0.25, -0.2) is 0 Å². The first-order chi connectivity index (χ1) is 6.24. The van der Waals surface area contributed by atoms with E-state index in [-0.39, 0.29) is 0 Å². The summed E-state index contributed by atoms with van der Waals surface area (Å²) >= 11 is 0. The SMILES string of the molecule is CCn1cc(C2(O)CCOC2)cn1. The molecule has 0 aromatic carbocycles. The van der Waals surface area contributed by atoms with Crippen LogP contribution >= 0.6 is 0 Å². The maximum Gasteiger partial charge on any atom is 0.118 e. The van der Waals surface area contributed by atoms with Crippen LogP contribution in [0.4, 0.5) is 0 Å². The van der Waals surface area contributed by atoms with Gasteiger partial charge in [0.15, 0.2) is 0 Å². The Hall–Kier alpha value is -0.870. The molecule has 1 fully saturated rings. The number of hydrogen-bond donors (Lipinski definition) is 1. The van der Waals surface area contributed by atoms with Gasteiger partial charge in [-0.2, -0.15) is 5.10 Å². The minimum absolute atomic E-state index is 0.391. The van der Waals surface area contributed by atoms with Gasteiger partial charge in [0, 0.05) is 31.3 Å². The highest BCUT2D eigenvalue weighted by Gasteiger charge is 2.35. The first-order valence-corrected chi connectivity index (χ1v) is 4.58. The Bertz CT molecular complexity index is 290. The van der Waals surface area contributed by atoms with E-state index < -0.39 is 5.60 Å². The summed E-state index contributed by atoms with van der Waals surface area (Å²) in [4.78, 5) is 0. The van der Waals surface area contributed by atoms with Crippen LogP contribution in [0.25, 0.3) is 0 Å². The monoisotopic (exact) mass is 182 g/mol. The third-order valence-corrected chi connectivity index (χ3v) is 2.50. The summed E-state index contributed by atoms with van der Waals surface area (Å²) < 4.78 is 6.98. The van der Waals surface area contributed by atoms with Crippen LogP contribution in [0.5, 0.6) is 0 Å². The predicted molar refractivity (Wildman–Crippen MR) is 47.2 cm³/mol. The van der Waals surface area contributed by atoms with Crippen molar-refractivity contribution in [3.05, 3.63) is 18.0 Å². The number of nitrogens with zero attached hydrogens (tertiary/aromatic N) is 2. The molecule has 2 heterocycles. The van der Waals surface area contributed by atoms with Gasteiger partial charge in [0.05, 0.1) is 12.8 Å². The second kappa shape index (κ2) is 3.12. The minimum atomic E-state index is -0.798. The lowest BCUT2D eigenvalue weighted by atomic mass is 9.97. The molecule has 0 amide bonds. The van der Waals surface area contributed by atoms with Crippen molar-refractivity contribution in [1.29, 1.82) is 0 Å². The van der Waals surface area contributed by atoms with E-state index in [4.69, 9.17) is 4.74 Å². The maximum absolute atomic E-state index is 10.1. The van der Waals surface area contributed by atoms with Crippen molar-refractivity contribution in [2.24, 2.45) is 0 Å². The van der Waals surface area contributed by atoms with Gasteiger partial charge in [-0.15, -0.1) is 0 Å². The third kappa shape index (κ3) is 1.47. The predicted octanol–water partition coefficient (Wildman–Crippen LogP) is 0.511. The fraction of sp³-hybridized carbons (Fsp3) is 0.667. The van der Waals surface area contributed by atoms with Gasteiger partial charge in [-0.05, 0) is 6.92 Å². The van der Waals surface area contributed by atoms with Crippen molar-refractivity contribution in [2.75, 3.05) is 13.2 Å². The number of hydrogen-bond acceptors (Lipinski definition) is 3. The molecule has 1 atom stereocenters. The van der Waals surface area contributed by atoms with E-state index in [1.807, 2.05) is 17.8 Å². The van der Waals surface area contributed by atoms with Crippen LogP contribution in [-0.2, 0) is 16.9 Å². The van der Waals surface area contributed by atoms with Crippen LogP contribution in [0.3, 0.4) is 0 Å². The first-order valence-electron chi connectivity index (χ1n) is 4.58. The van der Waals surface area contributed by atoms with Crippen molar-refractivity contribution >= 4 is 0 Å². The molecule has 72 valence electrons. The second-order valence-corrected chi connectivity index (χ2v) is 3.42. The van der Waals surface area contributed by atoms with Gasteiger partial charge in [-0.1, -0.05) is 0 Å². The van der Waals surface area contributed by atoms with Crippen LogP contribution in [0.15, 0.2) is 12.4 Å². The molecule has 1 aliphatic heterocycles. The summed E-state index contributed by atoms with van der Waals surface area (Å²) in [6, 6.07) is 0. The standard InChI is InChI=1S/C9H14N2O2/c1-2-11-6-8(5-10-11)9(12)3-4-13-7-9/h5-6,12H,2-4,7H2,1H3. The lowest BCUT2D eigenvalue weighted by molar-refractivity contribution is 0.0231. The molecule has 1 aromatic rings. The zero-order valence-electron chi connectivity index (χ0n) is 7.73. The number of aromatic nitrogens is 2. The molecule has 2 rings (SSSR count). The van der Waals surface area contributed by atoms with Crippen LogP contribution in [0.2, 0.25) is 0 Å². The minimum Gasteiger partial charge on any atom is -0.383 e. The summed E-state index contributed by atoms with van der Waals surface area (Å²) in [5.74, 6) is 0. The molecular formula is C9H14N2O2. The van der Waals surface area contributed by atoms with Crippen LogP contribution < -0.4 is 0 Å². The average Bonchev–Trinajstić information content (AvgIpc) is 2.72. The number of aliphatic hydroxyl groups is 1. The Morgan fingerprint density at radius 3 is 3.15 bits per heavy atom. The van der Waals surface area contributed by atoms with Crippen molar-refractivity contribution in [3.8, 4) is 0 Å². The Morgan fingerprint density at radius 1 is 1.77 bits per heavy atom. The molecule has 4 nitrogen and oxygen atoms in total. The Kier molecular flexibility index (Phi) is 2.09. The number of aryl methyl sites for hydroxylation is 1. The topological polar surface area (TPSA) is 47.3 Å². The van der Waals surface area contributed by atoms with E-state index in [0.29, 0.717) is 19.6 Å². The Morgan fingerprint density at radius 2 is 2.62 bits per heavy atom. The van der Waals surface area contributed by atoms with E-state index in [1.54, 1.807) is 6.20 Å². The van der Waals surface area contributed by atoms with E-state index in [2.05, 4.69) is 5.10 Å². The van der Waals surface area contributed by atoms with Crippen molar-refractivity contribution < 1.29 is 9.84 Å².